The van der Waals surface area contributed by atoms with Gasteiger partial charge in [-0.25, -0.2) is 0 Å². The minimum atomic E-state index is 0.393. The number of hydrogen-bond acceptors (Lipinski definition) is 2. The number of hydrogen-bond donors (Lipinski definition) is 0. The number of thioether (sulfide) groups is 1. The van der Waals surface area contributed by atoms with E-state index >= 15 is 0 Å². The van der Waals surface area contributed by atoms with Crippen molar-refractivity contribution in [3.8, 4) is 0 Å². The van der Waals surface area contributed by atoms with Gasteiger partial charge >= 0.3 is 0 Å². The van der Waals surface area contributed by atoms with Crippen LogP contribution < -0.4 is 0 Å². The van der Waals surface area contributed by atoms with E-state index in [2.05, 4.69) is 18.8 Å². The molecule has 0 aliphatic carbocycles. The van der Waals surface area contributed by atoms with Gasteiger partial charge in [-0.2, -0.15) is 0 Å². The van der Waals surface area contributed by atoms with Gasteiger partial charge in [0, 0.05) is 20.1 Å². The molecule has 60 valence electrons. The van der Waals surface area contributed by atoms with Gasteiger partial charge in [-0.05, 0) is 20.1 Å². The van der Waals surface area contributed by atoms with Crippen LogP contribution in [0.2, 0.25) is 0 Å². The van der Waals surface area contributed by atoms with E-state index in [1.165, 1.54) is 0 Å². The number of aliphatic imine (C=N–C) groups is 1. The van der Waals surface area contributed by atoms with Crippen molar-refractivity contribution in [1.82, 2.24) is 4.90 Å². The van der Waals surface area contributed by atoms with Crippen LogP contribution in [-0.2, 0) is 0 Å². The molecule has 0 aliphatic rings. The average Bonchev–Trinajstić information content (AvgIpc) is 1.81. The minimum absolute atomic E-state index is 0.393. The molecule has 0 saturated carbocycles. The lowest BCUT2D eigenvalue weighted by atomic mass is 10.4. The Hall–Kier alpha value is -0.180. The predicted octanol–water partition coefficient (Wildman–Crippen LogP) is 1.68. The van der Waals surface area contributed by atoms with Crippen LogP contribution in [0.1, 0.15) is 13.8 Å². The van der Waals surface area contributed by atoms with Crippen LogP contribution in [0, 0.1) is 0 Å². The van der Waals surface area contributed by atoms with E-state index in [1.807, 2.05) is 25.3 Å². The summed E-state index contributed by atoms with van der Waals surface area (Å²) >= 11 is 1.68. The third-order valence-electron chi connectivity index (χ3n) is 0.934. The lowest BCUT2D eigenvalue weighted by molar-refractivity contribution is 0.625. The van der Waals surface area contributed by atoms with Crippen LogP contribution in [0.3, 0.4) is 0 Å². The maximum Gasteiger partial charge on any atom is 0.158 e. The maximum atomic E-state index is 4.40. The molecule has 0 N–H and O–H groups in total. The van der Waals surface area contributed by atoms with Crippen molar-refractivity contribution in [2.24, 2.45) is 4.99 Å². The molecule has 0 amide bonds. The molecule has 0 radical (unpaired) electrons. The Morgan fingerprint density at radius 1 is 1.40 bits per heavy atom. The van der Waals surface area contributed by atoms with Crippen molar-refractivity contribution in [1.29, 1.82) is 0 Å². The van der Waals surface area contributed by atoms with Crippen LogP contribution in [0.25, 0.3) is 0 Å². The fourth-order valence-electron chi connectivity index (χ4n) is 0.572. The van der Waals surface area contributed by atoms with Crippen molar-refractivity contribution in [2.45, 2.75) is 19.9 Å². The molecule has 0 spiro atoms. The van der Waals surface area contributed by atoms with Crippen LogP contribution in [-0.4, -0.2) is 36.5 Å². The normalized spacial score (nSPS) is 12.4. The van der Waals surface area contributed by atoms with E-state index in [0.29, 0.717) is 6.04 Å². The van der Waals surface area contributed by atoms with Gasteiger partial charge < -0.3 is 4.90 Å². The number of amidine groups is 1. The largest absolute Gasteiger partial charge is 0.358 e. The van der Waals surface area contributed by atoms with E-state index in [-0.39, 0.29) is 0 Å². The SMILES string of the molecule is CSC(=NC(C)C)N(C)C. The molecule has 0 unspecified atom stereocenters. The first-order chi connectivity index (χ1) is 4.57. The second kappa shape index (κ2) is 4.61. The first-order valence-electron chi connectivity index (χ1n) is 3.37. The third kappa shape index (κ3) is 3.77. The van der Waals surface area contributed by atoms with Crippen molar-refractivity contribution in [2.75, 3.05) is 20.4 Å². The number of rotatable bonds is 1. The fourth-order valence-corrected chi connectivity index (χ4v) is 1.25. The molecular formula is C7H16N2S. The van der Waals surface area contributed by atoms with Gasteiger partial charge in [-0.1, -0.05) is 11.8 Å². The Morgan fingerprint density at radius 2 is 1.90 bits per heavy atom. The summed E-state index contributed by atoms with van der Waals surface area (Å²) in [5, 5.41) is 1.09. The zero-order chi connectivity index (χ0) is 8.15. The standard InChI is InChI=1S/C7H16N2S/c1-6(2)8-7(10-5)9(3)4/h6H,1-5H3. The molecule has 0 bridgehead atoms. The molecule has 0 fully saturated rings. The smallest absolute Gasteiger partial charge is 0.158 e. The molecule has 2 nitrogen and oxygen atoms in total. The molecule has 0 aromatic rings. The molecule has 0 aromatic carbocycles. The second-order valence-corrected chi connectivity index (χ2v) is 3.38. The van der Waals surface area contributed by atoms with Gasteiger partial charge in [0.1, 0.15) is 0 Å². The second-order valence-electron chi connectivity index (χ2n) is 2.60. The van der Waals surface area contributed by atoms with Crippen molar-refractivity contribution in [3.63, 3.8) is 0 Å². The van der Waals surface area contributed by atoms with Gasteiger partial charge in [-0.3, -0.25) is 4.99 Å². The van der Waals surface area contributed by atoms with Gasteiger partial charge in [0.15, 0.2) is 5.17 Å². The molecule has 3 heteroatoms. The molecule has 0 saturated heterocycles. The van der Waals surface area contributed by atoms with E-state index in [9.17, 15) is 0 Å². The van der Waals surface area contributed by atoms with Crippen molar-refractivity contribution in [3.05, 3.63) is 0 Å². The lowest BCUT2D eigenvalue weighted by Gasteiger charge is -2.13. The average molecular weight is 160 g/mol. The van der Waals surface area contributed by atoms with Gasteiger partial charge in [0.25, 0.3) is 0 Å². The molecule has 10 heavy (non-hydrogen) atoms. The highest BCUT2D eigenvalue weighted by atomic mass is 32.2. The maximum absolute atomic E-state index is 4.40. The first kappa shape index (κ1) is 9.82. The van der Waals surface area contributed by atoms with Gasteiger partial charge in [0.2, 0.25) is 0 Å². The van der Waals surface area contributed by atoms with E-state index < -0.39 is 0 Å². The monoisotopic (exact) mass is 160 g/mol. The Balaban J connectivity index is 4.04. The Kier molecular flexibility index (Phi) is 4.52. The fraction of sp³-hybridized carbons (Fsp3) is 0.857. The third-order valence-corrected chi connectivity index (χ3v) is 1.77. The molecular weight excluding hydrogens is 144 g/mol. The van der Waals surface area contributed by atoms with Crippen LogP contribution in [0.4, 0.5) is 0 Å². The zero-order valence-corrected chi connectivity index (χ0v) is 8.20. The Labute approximate surface area is 67.7 Å². The quantitative estimate of drug-likeness (QED) is 0.428. The van der Waals surface area contributed by atoms with E-state index in [0.717, 1.165) is 5.17 Å². The lowest BCUT2D eigenvalue weighted by Crippen LogP contribution is -2.19. The first-order valence-corrected chi connectivity index (χ1v) is 4.59. The van der Waals surface area contributed by atoms with Gasteiger partial charge in [0.05, 0.1) is 0 Å². The summed E-state index contributed by atoms with van der Waals surface area (Å²) in [4.78, 5) is 6.43. The predicted molar refractivity (Wildman–Crippen MR) is 49.8 cm³/mol. The van der Waals surface area contributed by atoms with Crippen LogP contribution in [0.15, 0.2) is 4.99 Å². The summed E-state index contributed by atoms with van der Waals surface area (Å²) in [5.74, 6) is 0. The van der Waals surface area contributed by atoms with E-state index in [4.69, 9.17) is 0 Å². The summed E-state index contributed by atoms with van der Waals surface area (Å²) < 4.78 is 0. The Morgan fingerprint density at radius 3 is 2.00 bits per heavy atom. The van der Waals surface area contributed by atoms with Crippen LogP contribution in [0.5, 0.6) is 0 Å². The zero-order valence-electron chi connectivity index (χ0n) is 7.38. The highest BCUT2D eigenvalue weighted by molar-refractivity contribution is 8.13. The summed E-state index contributed by atoms with van der Waals surface area (Å²) in [7, 11) is 4.02. The molecule has 0 aromatic heterocycles. The van der Waals surface area contributed by atoms with Gasteiger partial charge in [-0.15, -0.1) is 0 Å². The summed E-state index contributed by atoms with van der Waals surface area (Å²) in [6.45, 7) is 4.17. The Bertz CT molecular complexity index is 119. The minimum Gasteiger partial charge on any atom is -0.358 e. The van der Waals surface area contributed by atoms with Crippen molar-refractivity contribution < 1.29 is 0 Å². The molecule has 0 rings (SSSR count). The van der Waals surface area contributed by atoms with Crippen LogP contribution >= 0.6 is 11.8 Å². The summed E-state index contributed by atoms with van der Waals surface area (Å²) in [6.07, 6.45) is 2.04. The highest BCUT2D eigenvalue weighted by Crippen LogP contribution is 2.02. The highest BCUT2D eigenvalue weighted by Gasteiger charge is 1.98. The van der Waals surface area contributed by atoms with Crippen molar-refractivity contribution >= 4 is 16.9 Å². The molecule has 0 heterocycles. The summed E-state index contributed by atoms with van der Waals surface area (Å²) in [6, 6.07) is 0.393. The topological polar surface area (TPSA) is 15.6 Å². The van der Waals surface area contributed by atoms with E-state index in [1.54, 1.807) is 11.8 Å². The number of nitrogens with zero attached hydrogens (tertiary/aromatic N) is 2. The molecule has 0 aliphatic heterocycles. The molecule has 0 atom stereocenters. The summed E-state index contributed by atoms with van der Waals surface area (Å²) in [5.41, 5.74) is 0.